The number of aromatic nitrogens is 3. The van der Waals surface area contributed by atoms with Crippen LogP contribution >= 0.6 is 0 Å². The molecule has 0 radical (unpaired) electrons. The van der Waals surface area contributed by atoms with Crippen molar-refractivity contribution in [2.24, 2.45) is 0 Å². The van der Waals surface area contributed by atoms with Crippen LogP contribution in [0.5, 0.6) is 5.75 Å². The Hall–Kier alpha value is -3.41. The van der Waals surface area contributed by atoms with Crippen LogP contribution in [0.4, 0.5) is 0 Å². The standard InChI is InChI=1S/C24H26N4O2/c1-2-30-22-13-10-20(11-14-22)23-9-6-16-28(23)24(29)15-12-21-18-27(26-25-21)17-19-7-4-3-5-8-19/h3-5,7-8,10-15,18,23H,2,6,9,16-17H2,1H3/b15-12+/t23-/m1/s1. The number of carbonyl (C=O) groups excluding carboxylic acids is 1. The Kier molecular flexibility index (Phi) is 6.23. The second kappa shape index (κ2) is 9.39. The van der Waals surface area contributed by atoms with E-state index < -0.39 is 0 Å². The zero-order chi connectivity index (χ0) is 20.8. The molecule has 1 fully saturated rings. The maximum atomic E-state index is 12.8. The van der Waals surface area contributed by atoms with E-state index in [1.54, 1.807) is 16.8 Å². The smallest absolute Gasteiger partial charge is 0.247 e. The lowest BCUT2D eigenvalue weighted by molar-refractivity contribution is -0.126. The third-order valence-electron chi connectivity index (χ3n) is 5.25. The van der Waals surface area contributed by atoms with Gasteiger partial charge in [-0.25, -0.2) is 4.68 Å². The van der Waals surface area contributed by atoms with Gasteiger partial charge >= 0.3 is 0 Å². The summed E-state index contributed by atoms with van der Waals surface area (Å²) in [7, 11) is 0. The van der Waals surface area contributed by atoms with Crippen LogP contribution < -0.4 is 4.74 Å². The van der Waals surface area contributed by atoms with Gasteiger partial charge in [0.05, 0.1) is 25.4 Å². The van der Waals surface area contributed by atoms with Crippen molar-refractivity contribution in [3.63, 3.8) is 0 Å². The van der Waals surface area contributed by atoms with E-state index in [0.29, 0.717) is 18.8 Å². The van der Waals surface area contributed by atoms with Gasteiger partial charge in [0.1, 0.15) is 11.4 Å². The highest BCUT2D eigenvalue weighted by Gasteiger charge is 2.28. The maximum absolute atomic E-state index is 12.8. The van der Waals surface area contributed by atoms with Gasteiger partial charge in [-0.15, -0.1) is 5.10 Å². The number of hydrogen-bond acceptors (Lipinski definition) is 4. The number of likely N-dealkylation sites (tertiary alicyclic amines) is 1. The SMILES string of the molecule is CCOc1ccc([C@H]2CCCN2C(=O)/C=C/c2cn(Cc3ccccc3)nn2)cc1. The second-order valence-electron chi connectivity index (χ2n) is 7.35. The van der Waals surface area contributed by atoms with Gasteiger partial charge < -0.3 is 9.64 Å². The fraction of sp³-hybridized carbons (Fsp3) is 0.292. The minimum absolute atomic E-state index is 0.00370. The first-order chi connectivity index (χ1) is 14.7. The van der Waals surface area contributed by atoms with E-state index in [1.807, 2.05) is 48.4 Å². The molecule has 0 saturated carbocycles. The van der Waals surface area contributed by atoms with Gasteiger partial charge in [-0.1, -0.05) is 47.7 Å². The molecular formula is C24H26N4O2. The molecule has 1 aliphatic heterocycles. The molecule has 0 spiro atoms. The molecule has 1 atom stereocenters. The van der Waals surface area contributed by atoms with Crippen molar-refractivity contribution in [3.05, 3.63) is 83.7 Å². The summed E-state index contributed by atoms with van der Waals surface area (Å²) in [6.07, 6.45) is 7.17. The van der Waals surface area contributed by atoms with E-state index in [1.165, 1.54) is 0 Å². The van der Waals surface area contributed by atoms with Crippen LogP contribution in [0.1, 0.15) is 42.6 Å². The number of rotatable bonds is 7. The Bertz CT molecular complexity index is 996. The minimum atomic E-state index is 0.00370. The highest BCUT2D eigenvalue weighted by molar-refractivity contribution is 5.92. The number of nitrogens with zero attached hydrogens (tertiary/aromatic N) is 4. The zero-order valence-electron chi connectivity index (χ0n) is 17.1. The van der Waals surface area contributed by atoms with E-state index in [4.69, 9.17) is 4.74 Å². The lowest BCUT2D eigenvalue weighted by Gasteiger charge is -2.24. The molecule has 30 heavy (non-hydrogen) atoms. The molecular weight excluding hydrogens is 376 g/mol. The highest BCUT2D eigenvalue weighted by atomic mass is 16.5. The molecule has 6 heteroatoms. The number of amides is 1. The molecule has 0 aliphatic carbocycles. The Balaban J connectivity index is 1.39. The summed E-state index contributed by atoms with van der Waals surface area (Å²) in [5.41, 5.74) is 2.98. The Morgan fingerprint density at radius 1 is 1.17 bits per heavy atom. The summed E-state index contributed by atoms with van der Waals surface area (Å²) in [6.45, 7) is 4.04. The van der Waals surface area contributed by atoms with Crippen molar-refractivity contribution >= 4 is 12.0 Å². The first kappa shape index (κ1) is 19.9. The van der Waals surface area contributed by atoms with Crippen LogP contribution in [-0.4, -0.2) is 39.0 Å². The molecule has 1 aromatic heterocycles. The number of hydrogen-bond donors (Lipinski definition) is 0. The van der Waals surface area contributed by atoms with E-state index >= 15 is 0 Å². The number of ether oxygens (including phenoxy) is 1. The molecule has 0 unspecified atom stereocenters. The topological polar surface area (TPSA) is 60.2 Å². The van der Waals surface area contributed by atoms with Crippen molar-refractivity contribution < 1.29 is 9.53 Å². The fourth-order valence-electron chi connectivity index (χ4n) is 3.82. The molecule has 3 aromatic rings. The van der Waals surface area contributed by atoms with E-state index in [9.17, 15) is 4.79 Å². The normalized spacial score (nSPS) is 16.3. The van der Waals surface area contributed by atoms with Crippen LogP contribution in [0, 0.1) is 0 Å². The summed E-state index contributed by atoms with van der Waals surface area (Å²) >= 11 is 0. The summed E-state index contributed by atoms with van der Waals surface area (Å²) < 4.78 is 7.29. The predicted molar refractivity (Wildman–Crippen MR) is 116 cm³/mol. The number of carbonyl (C=O) groups is 1. The number of benzene rings is 2. The average Bonchev–Trinajstić information content (AvgIpc) is 3.43. The van der Waals surface area contributed by atoms with Gasteiger partial charge in [-0.3, -0.25) is 4.79 Å². The van der Waals surface area contributed by atoms with Crippen LogP contribution in [-0.2, 0) is 11.3 Å². The summed E-state index contributed by atoms with van der Waals surface area (Å²) in [5, 5.41) is 8.31. The molecule has 6 nitrogen and oxygen atoms in total. The molecule has 154 valence electrons. The molecule has 2 aromatic carbocycles. The summed E-state index contributed by atoms with van der Waals surface area (Å²) in [6, 6.07) is 18.3. The van der Waals surface area contributed by atoms with Gasteiger partial charge in [0.2, 0.25) is 5.91 Å². The third-order valence-corrected chi connectivity index (χ3v) is 5.25. The van der Waals surface area contributed by atoms with Crippen LogP contribution in [0.2, 0.25) is 0 Å². The molecule has 0 N–H and O–H groups in total. The quantitative estimate of drug-likeness (QED) is 0.558. The van der Waals surface area contributed by atoms with Crippen molar-refractivity contribution in [1.29, 1.82) is 0 Å². The van der Waals surface area contributed by atoms with E-state index in [2.05, 4.69) is 34.6 Å². The van der Waals surface area contributed by atoms with Crippen LogP contribution in [0.3, 0.4) is 0 Å². The Morgan fingerprint density at radius 2 is 1.97 bits per heavy atom. The predicted octanol–water partition coefficient (Wildman–Crippen LogP) is 4.10. The second-order valence-corrected chi connectivity index (χ2v) is 7.35. The summed E-state index contributed by atoms with van der Waals surface area (Å²) in [5.74, 6) is 0.861. The lowest BCUT2D eigenvalue weighted by Crippen LogP contribution is -2.28. The maximum Gasteiger partial charge on any atom is 0.247 e. The van der Waals surface area contributed by atoms with Gasteiger partial charge in [0, 0.05) is 12.6 Å². The van der Waals surface area contributed by atoms with E-state index in [-0.39, 0.29) is 11.9 Å². The van der Waals surface area contributed by atoms with Crippen molar-refractivity contribution in [1.82, 2.24) is 19.9 Å². The molecule has 1 saturated heterocycles. The largest absolute Gasteiger partial charge is 0.494 e. The van der Waals surface area contributed by atoms with Crippen molar-refractivity contribution in [3.8, 4) is 5.75 Å². The van der Waals surface area contributed by atoms with Gasteiger partial charge in [0.15, 0.2) is 0 Å². The fourth-order valence-corrected chi connectivity index (χ4v) is 3.82. The minimum Gasteiger partial charge on any atom is -0.494 e. The van der Waals surface area contributed by atoms with Crippen molar-refractivity contribution in [2.75, 3.05) is 13.2 Å². The van der Waals surface area contributed by atoms with Crippen LogP contribution in [0.25, 0.3) is 6.08 Å². The average molecular weight is 402 g/mol. The lowest BCUT2D eigenvalue weighted by atomic mass is 10.0. The highest BCUT2D eigenvalue weighted by Crippen LogP contribution is 2.33. The molecule has 2 heterocycles. The first-order valence-corrected chi connectivity index (χ1v) is 10.4. The Labute approximate surface area is 176 Å². The van der Waals surface area contributed by atoms with E-state index in [0.717, 1.165) is 36.3 Å². The molecule has 4 rings (SSSR count). The Morgan fingerprint density at radius 3 is 2.73 bits per heavy atom. The van der Waals surface area contributed by atoms with Crippen molar-refractivity contribution in [2.45, 2.75) is 32.4 Å². The zero-order valence-corrected chi connectivity index (χ0v) is 17.1. The van der Waals surface area contributed by atoms with Crippen LogP contribution in [0.15, 0.2) is 66.9 Å². The first-order valence-electron chi connectivity index (χ1n) is 10.4. The van der Waals surface area contributed by atoms with Gasteiger partial charge in [-0.05, 0) is 49.1 Å². The van der Waals surface area contributed by atoms with Gasteiger partial charge in [-0.2, -0.15) is 0 Å². The third kappa shape index (κ3) is 4.76. The summed E-state index contributed by atoms with van der Waals surface area (Å²) in [4.78, 5) is 14.8. The van der Waals surface area contributed by atoms with Gasteiger partial charge in [0.25, 0.3) is 0 Å². The molecule has 0 bridgehead atoms. The molecule has 1 amide bonds. The molecule has 1 aliphatic rings. The monoisotopic (exact) mass is 402 g/mol.